The smallest absolute Gasteiger partial charge is 0.257 e. The molecule has 5 heteroatoms. The number of fused-ring (bicyclic) bond motifs is 1. The van der Waals surface area contributed by atoms with E-state index in [1.54, 1.807) is 12.1 Å². The van der Waals surface area contributed by atoms with Crippen LogP contribution in [0.5, 0.6) is 5.75 Å². The van der Waals surface area contributed by atoms with Crippen molar-refractivity contribution in [1.29, 1.82) is 0 Å². The molecule has 1 aromatic heterocycles. The fourth-order valence-electron chi connectivity index (χ4n) is 2.76. The second-order valence-corrected chi connectivity index (χ2v) is 7.20. The minimum absolute atomic E-state index is 0.153. The third-order valence-corrected chi connectivity index (χ3v) is 5.17. The maximum atomic E-state index is 12.5. The van der Waals surface area contributed by atoms with Gasteiger partial charge in [-0.25, -0.2) is 4.98 Å². The first-order valence-corrected chi connectivity index (χ1v) is 9.95. The summed E-state index contributed by atoms with van der Waals surface area (Å²) < 4.78 is 6.78. The molecule has 0 fully saturated rings. The van der Waals surface area contributed by atoms with Crippen molar-refractivity contribution in [2.24, 2.45) is 0 Å². The number of aryl methyl sites for hydroxylation is 1. The van der Waals surface area contributed by atoms with Crippen molar-refractivity contribution in [3.8, 4) is 5.75 Å². The van der Waals surface area contributed by atoms with Gasteiger partial charge in [0.05, 0.1) is 16.8 Å². The molecule has 0 unspecified atom stereocenters. The van der Waals surface area contributed by atoms with Crippen LogP contribution in [0.2, 0.25) is 0 Å². The lowest BCUT2D eigenvalue weighted by Gasteiger charge is -2.06. The van der Waals surface area contributed by atoms with Crippen molar-refractivity contribution >= 4 is 32.6 Å². The predicted molar refractivity (Wildman–Crippen MR) is 108 cm³/mol. The Kier molecular flexibility index (Phi) is 6.23. The zero-order chi connectivity index (χ0) is 18.4. The molecule has 3 aromatic rings. The van der Waals surface area contributed by atoms with E-state index in [0.717, 1.165) is 28.8 Å². The molecule has 2 aromatic carbocycles. The summed E-state index contributed by atoms with van der Waals surface area (Å²) in [4.78, 5) is 17.1. The lowest BCUT2D eigenvalue weighted by Crippen LogP contribution is -2.11. The van der Waals surface area contributed by atoms with E-state index in [0.29, 0.717) is 17.3 Å². The molecule has 3 rings (SSSR count). The summed E-state index contributed by atoms with van der Waals surface area (Å²) in [5.41, 5.74) is 2.77. The SMILES string of the molecule is CCCCCOc1ccc(C(=O)Nc2nc3c(CC)cccc3s2)cc1. The standard InChI is InChI=1S/C21H24N2O2S/c1-3-5-6-14-25-17-12-10-16(11-13-17)20(24)23-21-22-19-15(4-2)8-7-9-18(19)26-21/h7-13H,3-6,14H2,1-2H3,(H,22,23,24). The average molecular weight is 369 g/mol. The summed E-state index contributed by atoms with van der Waals surface area (Å²) >= 11 is 1.50. The number of nitrogens with one attached hydrogen (secondary N) is 1. The van der Waals surface area contributed by atoms with Gasteiger partial charge in [0.1, 0.15) is 5.75 Å². The fourth-order valence-corrected chi connectivity index (χ4v) is 3.67. The van der Waals surface area contributed by atoms with Gasteiger partial charge in [-0.1, -0.05) is 50.2 Å². The number of hydrogen-bond donors (Lipinski definition) is 1. The van der Waals surface area contributed by atoms with Gasteiger partial charge in [0.15, 0.2) is 5.13 Å². The normalized spacial score (nSPS) is 10.8. The Morgan fingerprint density at radius 1 is 1.12 bits per heavy atom. The molecule has 0 radical (unpaired) electrons. The van der Waals surface area contributed by atoms with E-state index in [1.807, 2.05) is 24.3 Å². The third kappa shape index (κ3) is 4.41. The molecule has 0 aliphatic carbocycles. The number of aromatic nitrogens is 1. The number of carbonyl (C=O) groups excluding carboxylic acids is 1. The molecule has 0 aliphatic rings. The van der Waals surface area contributed by atoms with Gasteiger partial charge in [-0.3, -0.25) is 10.1 Å². The van der Waals surface area contributed by atoms with E-state index in [1.165, 1.54) is 29.7 Å². The van der Waals surface area contributed by atoms with E-state index in [2.05, 4.69) is 30.2 Å². The van der Waals surface area contributed by atoms with Crippen LogP contribution < -0.4 is 10.1 Å². The first-order valence-electron chi connectivity index (χ1n) is 9.14. The highest BCUT2D eigenvalue weighted by Crippen LogP contribution is 2.29. The number of nitrogens with zero attached hydrogens (tertiary/aromatic N) is 1. The Labute approximate surface area is 158 Å². The van der Waals surface area contributed by atoms with Gasteiger partial charge < -0.3 is 4.74 Å². The monoisotopic (exact) mass is 368 g/mol. The molecule has 1 heterocycles. The van der Waals surface area contributed by atoms with Crippen LogP contribution in [-0.2, 0) is 6.42 Å². The first kappa shape index (κ1) is 18.4. The summed E-state index contributed by atoms with van der Waals surface area (Å²) in [6.45, 7) is 4.99. The van der Waals surface area contributed by atoms with E-state index in [4.69, 9.17) is 4.74 Å². The Morgan fingerprint density at radius 2 is 1.92 bits per heavy atom. The second kappa shape index (κ2) is 8.81. The maximum absolute atomic E-state index is 12.5. The number of anilines is 1. The van der Waals surface area contributed by atoms with E-state index < -0.39 is 0 Å². The molecule has 4 nitrogen and oxygen atoms in total. The number of benzene rings is 2. The molecule has 0 bridgehead atoms. The van der Waals surface area contributed by atoms with Crippen LogP contribution in [0.15, 0.2) is 42.5 Å². The second-order valence-electron chi connectivity index (χ2n) is 6.17. The Hall–Kier alpha value is -2.40. The predicted octanol–water partition coefficient (Wildman–Crippen LogP) is 5.68. The summed E-state index contributed by atoms with van der Waals surface area (Å²) in [6, 6.07) is 13.4. The molecule has 0 spiro atoms. The van der Waals surface area contributed by atoms with E-state index in [-0.39, 0.29) is 5.91 Å². The van der Waals surface area contributed by atoms with Crippen molar-refractivity contribution in [3.63, 3.8) is 0 Å². The molecule has 0 saturated heterocycles. The van der Waals surface area contributed by atoms with Gasteiger partial charge in [-0.2, -0.15) is 0 Å². The highest BCUT2D eigenvalue weighted by atomic mass is 32.1. The van der Waals surface area contributed by atoms with Gasteiger partial charge in [-0.15, -0.1) is 0 Å². The number of ether oxygens (including phenoxy) is 1. The van der Waals surface area contributed by atoms with Gasteiger partial charge >= 0.3 is 0 Å². The summed E-state index contributed by atoms with van der Waals surface area (Å²) in [6.07, 6.45) is 4.32. The molecule has 0 atom stereocenters. The first-order chi connectivity index (χ1) is 12.7. The molecule has 1 N–H and O–H groups in total. The number of amides is 1. The maximum Gasteiger partial charge on any atom is 0.257 e. The highest BCUT2D eigenvalue weighted by molar-refractivity contribution is 7.22. The molecule has 136 valence electrons. The fraction of sp³-hybridized carbons (Fsp3) is 0.333. The number of hydrogen-bond acceptors (Lipinski definition) is 4. The Morgan fingerprint density at radius 3 is 2.65 bits per heavy atom. The molecule has 26 heavy (non-hydrogen) atoms. The zero-order valence-corrected chi connectivity index (χ0v) is 16.1. The Bertz CT molecular complexity index is 871. The molecule has 1 amide bonds. The number of rotatable bonds is 8. The quantitative estimate of drug-likeness (QED) is 0.520. The summed E-state index contributed by atoms with van der Waals surface area (Å²) in [5.74, 6) is 0.643. The van der Waals surface area contributed by atoms with Gasteiger partial charge in [0, 0.05) is 5.56 Å². The third-order valence-electron chi connectivity index (χ3n) is 4.24. The van der Waals surface area contributed by atoms with Crippen molar-refractivity contribution < 1.29 is 9.53 Å². The lowest BCUT2D eigenvalue weighted by atomic mass is 10.1. The topological polar surface area (TPSA) is 51.2 Å². The van der Waals surface area contributed by atoms with Crippen LogP contribution >= 0.6 is 11.3 Å². The molecule has 0 saturated carbocycles. The molecular weight excluding hydrogens is 344 g/mol. The van der Waals surface area contributed by atoms with Crippen molar-refractivity contribution in [3.05, 3.63) is 53.6 Å². The van der Waals surface area contributed by atoms with Crippen LogP contribution in [0.25, 0.3) is 10.2 Å². The van der Waals surface area contributed by atoms with Crippen LogP contribution in [0.4, 0.5) is 5.13 Å². The van der Waals surface area contributed by atoms with Crippen LogP contribution in [0.3, 0.4) is 0 Å². The van der Waals surface area contributed by atoms with Gasteiger partial charge in [-0.05, 0) is 48.7 Å². The largest absolute Gasteiger partial charge is 0.494 e. The van der Waals surface area contributed by atoms with Crippen molar-refractivity contribution in [2.75, 3.05) is 11.9 Å². The van der Waals surface area contributed by atoms with Crippen molar-refractivity contribution in [2.45, 2.75) is 39.5 Å². The van der Waals surface area contributed by atoms with Gasteiger partial charge in [0.25, 0.3) is 5.91 Å². The summed E-state index contributed by atoms with van der Waals surface area (Å²) in [5, 5.41) is 3.54. The number of carbonyl (C=O) groups is 1. The lowest BCUT2D eigenvalue weighted by molar-refractivity contribution is 0.102. The summed E-state index contributed by atoms with van der Waals surface area (Å²) in [7, 11) is 0. The molecular formula is C21H24N2O2S. The van der Waals surface area contributed by atoms with E-state index in [9.17, 15) is 4.79 Å². The van der Waals surface area contributed by atoms with Crippen LogP contribution in [-0.4, -0.2) is 17.5 Å². The van der Waals surface area contributed by atoms with Crippen LogP contribution in [0, 0.1) is 0 Å². The zero-order valence-electron chi connectivity index (χ0n) is 15.2. The van der Waals surface area contributed by atoms with Crippen molar-refractivity contribution in [1.82, 2.24) is 4.98 Å². The minimum atomic E-state index is -0.153. The number of para-hydroxylation sites is 1. The molecule has 0 aliphatic heterocycles. The van der Waals surface area contributed by atoms with Crippen LogP contribution in [0.1, 0.15) is 49.0 Å². The number of thiazole rings is 1. The Balaban J connectivity index is 1.64. The highest BCUT2D eigenvalue weighted by Gasteiger charge is 2.11. The average Bonchev–Trinajstić information content (AvgIpc) is 3.08. The van der Waals surface area contributed by atoms with Gasteiger partial charge in [0.2, 0.25) is 0 Å². The number of unbranched alkanes of at least 4 members (excludes halogenated alkanes) is 2. The minimum Gasteiger partial charge on any atom is -0.494 e. The van der Waals surface area contributed by atoms with E-state index >= 15 is 0 Å².